The van der Waals surface area contributed by atoms with E-state index in [1.54, 1.807) is 13.2 Å². The van der Waals surface area contributed by atoms with Crippen LogP contribution < -0.4 is 10.1 Å². The van der Waals surface area contributed by atoms with Gasteiger partial charge in [-0.2, -0.15) is 0 Å². The van der Waals surface area contributed by atoms with Gasteiger partial charge in [0.15, 0.2) is 5.82 Å². The number of hydrogen-bond donors (Lipinski definition) is 1. The number of aryl methyl sites for hydroxylation is 1. The summed E-state index contributed by atoms with van der Waals surface area (Å²) in [6.07, 6.45) is 6.16. The molecule has 0 bridgehead atoms. The van der Waals surface area contributed by atoms with Gasteiger partial charge in [0, 0.05) is 19.0 Å². The zero-order valence-corrected chi connectivity index (χ0v) is 11.5. The molecule has 1 aliphatic rings. The first-order chi connectivity index (χ1) is 9.86. The number of aromatic nitrogens is 5. The maximum Gasteiger partial charge on any atom is 0.218 e. The molecule has 0 atom stereocenters. The van der Waals surface area contributed by atoms with E-state index < -0.39 is 0 Å². The van der Waals surface area contributed by atoms with Crippen molar-refractivity contribution in [2.75, 3.05) is 12.4 Å². The molecule has 7 heteroatoms. The molecule has 1 N–H and O–H groups in total. The summed E-state index contributed by atoms with van der Waals surface area (Å²) in [5.41, 5.74) is 0. The van der Waals surface area contributed by atoms with Gasteiger partial charge in [0.2, 0.25) is 5.88 Å². The van der Waals surface area contributed by atoms with Gasteiger partial charge in [-0.1, -0.05) is 6.42 Å². The van der Waals surface area contributed by atoms with E-state index in [2.05, 4.69) is 30.0 Å². The summed E-state index contributed by atoms with van der Waals surface area (Å²) in [6, 6.07) is 1.76. The van der Waals surface area contributed by atoms with Crippen LogP contribution in [0.3, 0.4) is 0 Å². The lowest BCUT2D eigenvalue weighted by molar-refractivity contribution is 0.397. The van der Waals surface area contributed by atoms with Crippen molar-refractivity contribution in [2.24, 2.45) is 0 Å². The Labute approximate surface area is 117 Å². The Morgan fingerprint density at radius 1 is 1.25 bits per heavy atom. The van der Waals surface area contributed by atoms with Gasteiger partial charge in [0.25, 0.3) is 0 Å². The van der Waals surface area contributed by atoms with Gasteiger partial charge >= 0.3 is 0 Å². The smallest absolute Gasteiger partial charge is 0.218 e. The first kappa shape index (κ1) is 12.8. The normalized spacial score (nSPS) is 14.4. The first-order valence-electron chi connectivity index (χ1n) is 6.87. The second kappa shape index (κ2) is 5.85. The lowest BCUT2D eigenvalue weighted by atomic mass is 10.2. The van der Waals surface area contributed by atoms with Crippen molar-refractivity contribution in [2.45, 2.75) is 38.8 Å². The Morgan fingerprint density at radius 2 is 2.20 bits per heavy atom. The number of anilines is 1. The van der Waals surface area contributed by atoms with Gasteiger partial charge in [-0.05, 0) is 12.8 Å². The second-order valence-electron chi connectivity index (χ2n) is 4.79. The van der Waals surface area contributed by atoms with Crippen molar-refractivity contribution in [3.05, 3.63) is 24.0 Å². The van der Waals surface area contributed by atoms with Gasteiger partial charge in [0.05, 0.1) is 13.7 Å². The lowest BCUT2D eigenvalue weighted by Crippen LogP contribution is -2.11. The molecule has 0 amide bonds. The number of ether oxygens (including phenoxy) is 1. The first-order valence-corrected chi connectivity index (χ1v) is 6.87. The summed E-state index contributed by atoms with van der Waals surface area (Å²) >= 11 is 0. The molecule has 0 saturated carbocycles. The van der Waals surface area contributed by atoms with Crippen molar-refractivity contribution in [1.29, 1.82) is 0 Å². The number of fused-ring (bicyclic) bond motifs is 1. The fraction of sp³-hybridized carbons (Fsp3) is 0.538. The molecule has 2 aromatic rings. The van der Waals surface area contributed by atoms with E-state index in [0.29, 0.717) is 12.4 Å². The molecule has 3 heterocycles. The summed E-state index contributed by atoms with van der Waals surface area (Å²) in [5.74, 6) is 3.32. The Hall–Kier alpha value is -2.18. The molecule has 1 aliphatic heterocycles. The molecule has 106 valence electrons. The van der Waals surface area contributed by atoms with Gasteiger partial charge < -0.3 is 14.6 Å². The zero-order chi connectivity index (χ0) is 13.8. The molecule has 0 unspecified atom stereocenters. The molecule has 0 spiro atoms. The van der Waals surface area contributed by atoms with E-state index in [1.807, 2.05) is 0 Å². The lowest BCUT2D eigenvalue weighted by Gasteiger charge is -2.08. The minimum Gasteiger partial charge on any atom is -0.481 e. The van der Waals surface area contributed by atoms with Crippen LogP contribution in [0.4, 0.5) is 5.82 Å². The number of nitrogens with zero attached hydrogens (tertiary/aromatic N) is 5. The molecule has 0 saturated heterocycles. The van der Waals surface area contributed by atoms with Crippen LogP contribution in [-0.4, -0.2) is 31.8 Å². The number of nitrogens with one attached hydrogen (secondary N) is 1. The maximum absolute atomic E-state index is 5.07. The summed E-state index contributed by atoms with van der Waals surface area (Å²) in [6.45, 7) is 1.61. The summed E-state index contributed by atoms with van der Waals surface area (Å²) in [7, 11) is 1.59. The van der Waals surface area contributed by atoms with Crippen molar-refractivity contribution < 1.29 is 4.74 Å². The Morgan fingerprint density at radius 3 is 3.10 bits per heavy atom. The van der Waals surface area contributed by atoms with Gasteiger partial charge in [-0.3, -0.25) is 0 Å². The molecule has 0 aliphatic carbocycles. The van der Waals surface area contributed by atoms with Crippen molar-refractivity contribution >= 4 is 5.82 Å². The predicted molar refractivity (Wildman–Crippen MR) is 73.5 cm³/mol. The van der Waals surface area contributed by atoms with E-state index >= 15 is 0 Å². The van der Waals surface area contributed by atoms with Crippen LogP contribution in [-0.2, 0) is 19.5 Å². The summed E-state index contributed by atoms with van der Waals surface area (Å²) in [4.78, 5) is 8.14. The third-order valence-electron chi connectivity index (χ3n) is 3.46. The van der Waals surface area contributed by atoms with E-state index in [0.717, 1.165) is 30.4 Å². The van der Waals surface area contributed by atoms with Gasteiger partial charge in [-0.25, -0.2) is 9.97 Å². The highest BCUT2D eigenvalue weighted by Gasteiger charge is 2.14. The quantitative estimate of drug-likeness (QED) is 0.908. The fourth-order valence-electron chi connectivity index (χ4n) is 2.39. The van der Waals surface area contributed by atoms with Crippen molar-refractivity contribution in [3.8, 4) is 5.88 Å². The highest BCUT2D eigenvalue weighted by molar-refractivity contribution is 5.37. The van der Waals surface area contributed by atoms with E-state index in [9.17, 15) is 0 Å². The Balaban J connectivity index is 1.70. The molecule has 3 rings (SSSR count). The predicted octanol–water partition coefficient (Wildman–Crippen LogP) is 1.42. The van der Waals surface area contributed by atoms with Crippen LogP contribution in [0.15, 0.2) is 12.4 Å². The second-order valence-corrected chi connectivity index (χ2v) is 4.79. The third-order valence-corrected chi connectivity index (χ3v) is 3.46. The van der Waals surface area contributed by atoms with Gasteiger partial charge in [0.1, 0.15) is 18.0 Å². The number of hydrogen-bond acceptors (Lipinski definition) is 6. The molecule has 20 heavy (non-hydrogen) atoms. The average Bonchev–Trinajstić information content (AvgIpc) is 2.72. The largest absolute Gasteiger partial charge is 0.481 e. The molecule has 2 aromatic heterocycles. The van der Waals surface area contributed by atoms with E-state index in [4.69, 9.17) is 4.74 Å². The van der Waals surface area contributed by atoms with Crippen molar-refractivity contribution in [1.82, 2.24) is 24.7 Å². The minimum atomic E-state index is 0.544. The summed E-state index contributed by atoms with van der Waals surface area (Å²) in [5, 5.41) is 11.8. The van der Waals surface area contributed by atoms with Crippen molar-refractivity contribution in [3.63, 3.8) is 0 Å². The van der Waals surface area contributed by atoms with Crippen LogP contribution in [0.25, 0.3) is 0 Å². The molecule has 0 radical (unpaired) electrons. The topological polar surface area (TPSA) is 77.8 Å². The number of methoxy groups -OCH3 is 1. The zero-order valence-electron chi connectivity index (χ0n) is 11.5. The van der Waals surface area contributed by atoms with Crippen LogP contribution >= 0.6 is 0 Å². The number of rotatable bonds is 4. The molecule has 7 nitrogen and oxygen atoms in total. The molecular formula is C13H18N6O. The third kappa shape index (κ3) is 2.71. The van der Waals surface area contributed by atoms with E-state index in [1.165, 1.54) is 25.6 Å². The van der Waals surface area contributed by atoms with Crippen LogP contribution in [0, 0.1) is 0 Å². The Bertz CT molecular complexity index is 582. The SMILES string of the molecule is COc1cc(NCc2nnc3n2CCCCC3)ncn1. The molecule has 0 aromatic carbocycles. The monoisotopic (exact) mass is 274 g/mol. The Kier molecular flexibility index (Phi) is 3.76. The van der Waals surface area contributed by atoms with Crippen LogP contribution in [0.5, 0.6) is 5.88 Å². The summed E-state index contributed by atoms with van der Waals surface area (Å²) < 4.78 is 7.30. The van der Waals surface area contributed by atoms with Crippen LogP contribution in [0.2, 0.25) is 0 Å². The van der Waals surface area contributed by atoms with Gasteiger partial charge in [-0.15, -0.1) is 10.2 Å². The van der Waals surface area contributed by atoms with E-state index in [-0.39, 0.29) is 0 Å². The fourth-order valence-corrected chi connectivity index (χ4v) is 2.39. The highest BCUT2D eigenvalue weighted by atomic mass is 16.5. The molecule has 0 fully saturated rings. The average molecular weight is 274 g/mol. The maximum atomic E-state index is 5.07. The molecular weight excluding hydrogens is 256 g/mol. The minimum absolute atomic E-state index is 0.544. The standard InChI is InChI=1S/C13H18N6O/c1-20-13-7-10(15-9-16-13)14-8-12-18-17-11-5-3-2-4-6-19(11)12/h7,9H,2-6,8H2,1H3,(H,14,15,16). The highest BCUT2D eigenvalue weighted by Crippen LogP contribution is 2.16. The van der Waals surface area contributed by atoms with Crippen LogP contribution in [0.1, 0.15) is 30.9 Å².